The van der Waals surface area contributed by atoms with E-state index in [2.05, 4.69) is 21.0 Å². The van der Waals surface area contributed by atoms with Crippen LogP contribution in [0.4, 0.5) is 5.69 Å². The third-order valence-corrected chi connectivity index (χ3v) is 3.73. The van der Waals surface area contributed by atoms with Gasteiger partial charge in [0.05, 0.1) is 16.4 Å². The van der Waals surface area contributed by atoms with Crippen LogP contribution in [0.15, 0.2) is 34.9 Å². The van der Waals surface area contributed by atoms with Crippen molar-refractivity contribution in [2.24, 2.45) is 0 Å². The predicted octanol–water partition coefficient (Wildman–Crippen LogP) is 2.81. The number of halogens is 1. The van der Waals surface area contributed by atoms with E-state index in [0.29, 0.717) is 0 Å². The van der Waals surface area contributed by atoms with Crippen LogP contribution in [-0.2, 0) is 6.54 Å². The Kier molecular flexibility index (Phi) is 4.27. The van der Waals surface area contributed by atoms with Crippen LogP contribution < -0.4 is 4.90 Å². The maximum Gasteiger partial charge on any atom is 0.122 e. The Labute approximate surface area is 121 Å². The molecule has 0 spiro atoms. The topological polar surface area (TPSA) is 41.3 Å². The summed E-state index contributed by atoms with van der Waals surface area (Å²) in [5, 5.41) is 14.7. The van der Waals surface area contributed by atoms with Crippen LogP contribution in [0, 0.1) is 0 Å². The minimum Gasteiger partial charge on any atom is -0.382 e. The summed E-state index contributed by atoms with van der Waals surface area (Å²) in [6.45, 7) is 2.73. The number of hydrogen-bond donors (Lipinski definition) is 1. The fraction of sp³-hybridized carbons (Fsp3) is 0.357. The molecule has 19 heavy (non-hydrogen) atoms. The molecule has 0 fully saturated rings. The zero-order valence-corrected chi connectivity index (χ0v) is 12.9. The molecule has 0 bridgehead atoms. The number of aromatic nitrogens is 2. The van der Waals surface area contributed by atoms with Crippen LogP contribution in [0.2, 0.25) is 0 Å². The van der Waals surface area contributed by atoms with Gasteiger partial charge in [0, 0.05) is 26.3 Å². The van der Waals surface area contributed by atoms with Gasteiger partial charge >= 0.3 is 0 Å². The van der Waals surface area contributed by atoms with Gasteiger partial charge < -0.3 is 10.0 Å². The summed E-state index contributed by atoms with van der Waals surface area (Å²) in [5.74, 6) is 0. The van der Waals surface area contributed by atoms with Crippen molar-refractivity contribution >= 4 is 21.6 Å². The second-order valence-electron chi connectivity index (χ2n) is 4.58. The monoisotopic (exact) mass is 323 g/mol. The van der Waals surface area contributed by atoms with Crippen molar-refractivity contribution in [2.75, 3.05) is 19.0 Å². The van der Waals surface area contributed by atoms with E-state index in [1.807, 2.05) is 50.2 Å². The summed E-state index contributed by atoms with van der Waals surface area (Å²) >= 11 is 3.44. The van der Waals surface area contributed by atoms with Gasteiger partial charge in [-0.15, -0.1) is 0 Å². The Bertz CT molecular complexity index is 548. The first kappa shape index (κ1) is 14.1. The summed E-state index contributed by atoms with van der Waals surface area (Å²) in [6, 6.07) is 7.89. The highest BCUT2D eigenvalue weighted by atomic mass is 79.9. The minimum absolute atomic E-state index is 0.673. The van der Waals surface area contributed by atoms with Crippen LogP contribution in [0.25, 0.3) is 0 Å². The van der Waals surface area contributed by atoms with Crippen LogP contribution in [0.5, 0.6) is 0 Å². The minimum atomic E-state index is -0.673. The number of aliphatic hydroxyl groups excluding tert-OH is 1. The first-order chi connectivity index (χ1) is 9.04. The average Bonchev–Trinajstić information content (AvgIpc) is 2.79. The lowest BCUT2D eigenvalue weighted by molar-refractivity contribution is 0.207. The highest BCUT2D eigenvalue weighted by Crippen LogP contribution is 2.29. The number of anilines is 1. The largest absolute Gasteiger partial charge is 0.382 e. The number of aliphatic hydroxyl groups is 1. The molecule has 1 heterocycles. The molecule has 1 unspecified atom stereocenters. The first-order valence-corrected chi connectivity index (χ1v) is 7.00. The molecular weight excluding hydrogens is 306 g/mol. The first-order valence-electron chi connectivity index (χ1n) is 6.21. The number of benzene rings is 1. The molecule has 1 atom stereocenters. The summed E-state index contributed by atoms with van der Waals surface area (Å²) in [5.41, 5.74) is 2.76. The molecule has 2 rings (SSSR count). The molecule has 0 aliphatic rings. The van der Waals surface area contributed by atoms with Gasteiger partial charge in [0.25, 0.3) is 0 Å². The van der Waals surface area contributed by atoms with Crippen LogP contribution in [0.3, 0.4) is 0 Å². The van der Waals surface area contributed by atoms with E-state index in [-0.39, 0.29) is 0 Å². The van der Waals surface area contributed by atoms with Crippen molar-refractivity contribution in [1.29, 1.82) is 0 Å². The predicted molar refractivity (Wildman–Crippen MR) is 80.4 cm³/mol. The van der Waals surface area contributed by atoms with E-state index in [4.69, 9.17) is 0 Å². The van der Waals surface area contributed by atoms with Crippen molar-refractivity contribution < 1.29 is 5.11 Å². The van der Waals surface area contributed by atoms with Gasteiger partial charge in [0.1, 0.15) is 6.10 Å². The van der Waals surface area contributed by atoms with Crippen molar-refractivity contribution in [2.45, 2.75) is 19.6 Å². The molecule has 2 aromatic rings. The molecule has 0 amide bonds. The smallest absolute Gasteiger partial charge is 0.122 e. The lowest BCUT2D eigenvalue weighted by Crippen LogP contribution is -2.11. The van der Waals surface area contributed by atoms with E-state index < -0.39 is 6.10 Å². The molecule has 0 saturated heterocycles. The molecule has 1 aromatic heterocycles. The standard InChI is InChI=1S/C14H18BrN3O/c1-4-18-13(12(15)9-16-18)14(19)10-5-7-11(8-6-10)17(2)3/h5-9,14,19H,4H2,1-3H3. The maximum atomic E-state index is 10.5. The van der Waals surface area contributed by atoms with Crippen molar-refractivity contribution in [3.05, 3.63) is 46.2 Å². The van der Waals surface area contributed by atoms with Gasteiger partial charge in [-0.3, -0.25) is 4.68 Å². The number of nitrogens with zero attached hydrogens (tertiary/aromatic N) is 3. The van der Waals surface area contributed by atoms with Gasteiger partial charge in [-0.1, -0.05) is 12.1 Å². The number of aryl methyl sites for hydroxylation is 1. The molecule has 102 valence electrons. The summed E-state index contributed by atoms with van der Waals surface area (Å²) in [6.07, 6.45) is 1.05. The highest BCUT2D eigenvalue weighted by Gasteiger charge is 2.18. The van der Waals surface area contributed by atoms with Gasteiger partial charge in [-0.05, 0) is 40.5 Å². The quantitative estimate of drug-likeness (QED) is 0.940. The molecule has 0 radical (unpaired) electrons. The molecule has 1 aromatic carbocycles. The number of rotatable bonds is 4. The second-order valence-corrected chi connectivity index (χ2v) is 5.44. The Balaban J connectivity index is 2.33. The van der Waals surface area contributed by atoms with Crippen LogP contribution in [-0.4, -0.2) is 29.0 Å². The third kappa shape index (κ3) is 2.82. The Morgan fingerprint density at radius 1 is 1.32 bits per heavy atom. The fourth-order valence-electron chi connectivity index (χ4n) is 2.01. The van der Waals surface area contributed by atoms with Crippen molar-refractivity contribution in [3.8, 4) is 0 Å². The van der Waals surface area contributed by atoms with Crippen molar-refractivity contribution in [3.63, 3.8) is 0 Å². The lowest BCUT2D eigenvalue weighted by atomic mass is 10.1. The molecular formula is C14H18BrN3O. The number of hydrogen-bond acceptors (Lipinski definition) is 3. The second kappa shape index (κ2) is 5.75. The lowest BCUT2D eigenvalue weighted by Gasteiger charge is -2.16. The van der Waals surface area contributed by atoms with E-state index >= 15 is 0 Å². The van der Waals surface area contributed by atoms with E-state index in [9.17, 15) is 5.11 Å². The van der Waals surface area contributed by atoms with Gasteiger partial charge in [-0.2, -0.15) is 5.10 Å². The summed E-state index contributed by atoms with van der Waals surface area (Å²) < 4.78 is 2.63. The van der Waals surface area contributed by atoms with Crippen molar-refractivity contribution in [1.82, 2.24) is 9.78 Å². The Morgan fingerprint density at radius 3 is 2.47 bits per heavy atom. The van der Waals surface area contributed by atoms with Gasteiger partial charge in [0.2, 0.25) is 0 Å². The van der Waals surface area contributed by atoms with E-state index in [1.165, 1.54) is 0 Å². The zero-order valence-electron chi connectivity index (χ0n) is 11.3. The Morgan fingerprint density at radius 2 is 1.95 bits per heavy atom. The fourth-order valence-corrected chi connectivity index (χ4v) is 2.52. The molecule has 0 aliphatic heterocycles. The van der Waals surface area contributed by atoms with Crippen LogP contribution in [0.1, 0.15) is 24.3 Å². The molecule has 1 N–H and O–H groups in total. The normalized spacial score (nSPS) is 12.5. The molecule has 4 nitrogen and oxygen atoms in total. The SMILES string of the molecule is CCn1ncc(Br)c1C(O)c1ccc(N(C)C)cc1. The summed E-state index contributed by atoms with van der Waals surface area (Å²) in [4.78, 5) is 2.03. The molecule has 0 saturated carbocycles. The van der Waals surface area contributed by atoms with Gasteiger partial charge in [0.15, 0.2) is 0 Å². The average molecular weight is 324 g/mol. The highest BCUT2D eigenvalue weighted by molar-refractivity contribution is 9.10. The maximum absolute atomic E-state index is 10.5. The van der Waals surface area contributed by atoms with E-state index in [0.717, 1.165) is 28.0 Å². The summed E-state index contributed by atoms with van der Waals surface area (Å²) in [7, 11) is 3.99. The Hall–Kier alpha value is -1.33. The third-order valence-electron chi connectivity index (χ3n) is 3.12. The zero-order chi connectivity index (χ0) is 14.0. The van der Waals surface area contributed by atoms with Crippen LogP contribution >= 0.6 is 15.9 Å². The molecule has 5 heteroatoms. The molecule has 0 aliphatic carbocycles. The van der Waals surface area contributed by atoms with Gasteiger partial charge in [-0.25, -0.2) is 0 Å². The van der Waals surface area contributed by atoms with E-state index in [1.54, 1.807) is 10.9 Å².